The second-order valence-corrected chi connectivity index (χ2v) is 5.69. The number of aromatic nitrogens is 1. The molecule has 1 aromatic rings. The van der Waals surface area contributed by atoms with Crippen LogP contribution >= 0.6 is 23.1 Å². The number of hydrogen-bond acceptors (Lipinski definition) is 5. The molecule has 0 saturated carbocycles. The second-order valence-electron chi connectivity index (χ2n) is 3.79. The van der Waals surface area contributed by atoms with Crippen molar-refractivity contribution >= 4 is 28.3 Å². The van der Waals surface area contributed by atoms with E-state index in [1.165, 1.54) is 0 Å². The molecule has 0 aromatic carbocycles. The number of aliphatic imine (C=N–C) groups is 1. The number of aryl methyl sites for hydroxylation is 1. The molecular formula is C10H15N3S2. The molecule has 0 spiro atoms. The van der Waals surface area contributed by atoms with E-state index in [1.807, 2.05) is 6.92 Å². The third-order valence-corrected chi connectivity index (χ3v) is 4.44. The molecule has 0 bridgehead atoms. The molecule has 1 aromatic heterocycles. The van der Waals surface area contributed by atoms with Crippen molar-refractivity contribution in [3.05, 3.63) is 16.1 Å². The van der Waals surface area contributed by atoms with Gasteiger partial charge in [-0.3, -0.25) is 4.99 Å². The number of thiazole rings is 1. The molecule has 3 nitrogen and oxygen atoms in total. The predicted molar refractivity (Wildman–Crippen MR) is 67.8 cm³/mol. The zero-order valence-corrected chi connectivity index (χ0v) is 10.8. The van der Waals surface area contributed by atoms with Crippen molar-refractivity contribution in [2.45, 2.75) is 32.9 Å². The molecule has 0 fully saturated rings. The van der Waals surface area contributed by atoms with E-state index >= 15 is 0 Å². The van der Waals surface area contributed by atoms with Crippen molar-refractivity contribution in [1.82, 2.24) is 10.3 Å². The topological polar surface area (TPSA) is 37.3 Å². The highest BCUT2D eigenvalue weighted by Crippen LogP contribution is 2.21. The summed E-state index contributed by atoms with van der Waals surface area (Å²) in [6, 6.07) is 0.711. The summed E-state index contributed by atoms with van der Waals surface area (Å²) in [6.07, 6.45) is 0. The van der Waals surface area contributed by atoms with Crippen molar-refractivity contribution in [1.29, 1.82) is 0 Å². The fraction of sp³-hybridized carbons (Fsp3) is 0.600. The number of nitrogens with zero attached hydrogens (tertiary/aromatic N) is 2. The Morgan fingerprint density at radius 2 is 2.40 bits per heavy atom. The Hall–Kier alpha value is -0.550. The van der Waals surface area contributed by atoms with E-state index in [0.29, 0.717) is 6.04 Å². The molecule has 0 saturated heterocycles. The third kappa shape index (κ3) is 2.72. The van der Waals surface area contributed by atoms with Crippen LogP contribution in [-0.4, -0.2) is 21.9 Å². The normalized spacial score (nSPS) is 22.6. The van der Waals surface area contributed by atoms with E-state index < -0.39 is 0 Å². The molecule has 1 aliphatic rings. The second kappa shape index (κ2) is 4.53. The molecule has 2 rings (SSSR count). The van der Waals surface area contributed by atoms with E-state index in [1.54, 1.807) is 23.1 Å². The number of rotatable bonds is 2. The van der Waals surface area contributed by atoms with E-state index in [-0.39, 0.29) is 6.04 Å². The fourth-order valence-electron chi connectivity index (χ4n) is 1.37. The van der Waals surface area contributed by atoms with Crippen LogP contribution in [0.2, 0.25) is 0 Å². The summed E-state index contributed by atoms with van der Waals surface area (Å²) in [5.41, 5.74) is 1.10. The quantitative estimate of drug-likeness (QED) is 0.864. The monoisotopic (exact) mass is 241 g/mol. The van der Waals surface area contributed by atoms with Gasteiger partial charge >= 0.3 is 0 Å². The molecule has 0 amide bonds. The molecule has 2 atom stereocenters. The highest BCUT2D eigenvalue weighted by Gasteiger charge is 2.17. The van der Waals surface area contributed by atoms with Gasteiger partial charge < -0.3 is 5.32 Å². The zero-order chi connectivity index (χ0) is 10.8. The van der Waals surface area contributed by atoms with Crippen LogP contribution in [0.3, 0.4) is 0 Å². The standard InChI is InChI=1S/C10H15N3S2/c1-6-4-14-9(11-6)8(3)13-10-12-7(2)5-15-10/h4,7-8H,5H2,1-3H3,(H,12,13). The summed E-state index contributed by atoms with van der Waals surface area (Å²) in [5.74, 6) is 1.09. The first-order chi connectivity index (χ1) is 7.15. The summed E-state index contributed by atoms with van der Waals surface area (Å²) < 4.78 is 0. The first-order valence-electron chi connectivity index (χ1n) is 5.04. The lowest BCUT2D eigenvalue weighted by Gasteiger charge is -2.11. The minimum Gasteiger partial charge on any atom is -0.356 e. The number of thioether (sulfide) groups is 1. The molecule has 2 heterocycles. The Bertz CT molecular complexity index is 372. The van der Waals surface area contributed by atoms with Gasteiger partial charge in [0.15, 0.2) is 5.17 Å². The minimum atomic E-state index is 0.264. The van der Waals surface area contributed by atoms with Crippen LogP contribution in [0.4, 0.5) is 0 Å². The number of nitrogens with one attached hydrogen (secondary N) is 1. The van der Waals surface area contributed by atoms with E-state index in [2.05, 4.69) is 34.5 Å². The van der Waals surface area contributed by atoms with Crippen LogP contribution in [-0.2, 0) is 0 Å². The van der Waals surface area contributed by atoms with E-state index in [4.69, 9.17) is 0 Å². The Balaban J connectivity index is 1.98. The van der Waals surface area contributed by atoms with Gasteiger partial charge in [0.1, 0.15) is 5.01 Å². The molecule has 0 aliphatic carbocycles. The summed E-state index contributed by atoms with van der Waals surface area (Å²) in [4.78, 5) is 8.97. The van der Waals surface area contributed by atoms with Gasteiger partial charge in [0.05, 0.1) is 12.1 Å². The van der Waals surface area contributed by atoms with Gasteiger partial charge in [-0.25, -0.2) is 4.98 Å². The summed E-state index contributed by atoms with van der Waals surface area (Å²) in [6.45, 7) is 6.29. The van der Waals surface area contributed by atoms with Crippen LogP contribution in [0, 0.1) is 6.92 Å². The minimum absolute atomic E-state index is 0.264. The Labute approximate surface area is 98.4 Å². The van der Waals surface area contributed by atoms with Crippen LogP contribution in [0.15, 0.2) is 10.4 Å². The maximum absolute atomic E-state index is 4.51. The molecule has 82 valence electrons. The summed E-state index contributed by atoms with van der Waals surface area (Å²) in [7, 11) is 0. The predicted octanol–water partition coefficient (Wildman–Crippen LogP) is 2.59. The zero-order valence-electron chi connectivity index (χ0n) is 9.15. The Morgan fingerprint density at radius 1 is 1.60 bits per heavy atom. The lowest BCUT2D eigenvalue weighted by atomic mass is 10.3. The van der Waals surface area contributed by atoms with Gasteiger partial charge in [-0.2, -0.15) is 0 Å². The molecule has 2 unspecified atom stereocenters. The van der Waals surface area contributed by atoms with Gasteiger partial charge in [0.2, 0.25) is 0 Å². The van der Waals surface area contributed by atoms with Crippen molar-refractivity contribution in [2.75, 3.05) is 5.75 Å². The van der Waals surface area contributed by atoms with Gasteiger partial charge in [-0.1, -0.05) is 11.8 Å². The Kier molecular flexibility index (Phi) is 3.31. The maximum Gasteiger partial charge on any atom is 0.157 e. The summed E-state index contributed by atoms with van der Waals surface area (Å²) in [5, 5.41) is 7.68. The first kappa shape index (κ1) is 11.0. The first-order valence-corrected chi connectivity index (χ1v) is 6.91. The van der Waals surface area contributed by atoms with Crippen LogP contribution in [0.25, 0.3) is 0 Å². The smallest absolute Gasteiger partial charge is 0.157 e. The lowest BCUT2D eigenvalue weighted by Crippen LogP contribution is -2.22. The van der Waals surface area contributed by atoms with Crippen LogP contribution in [0.1, 0.15) is 30.6 Å². The number of hydrogen-bond donors (Lipinski definition) is 1. The molecular weight excluding hydrogens is 226 g/mol. The largest absolute Gasteiger partial charge is 0.356 e. The maximum atomic E-state index is 4.51. The van der Waals surface area contributed by atoms with Crippen molar-refractivity contribution < 1.29 is 0 Å². The average molecular weight is 241 g/mol. The van der Waals surface area contributed by atoms with E-state index in [9.17, 15) is 0 Å². The van der Waals surface area contributed by atoms with Gasteiger partial charge in [-0.05, 0) is 20.8 Å². The fourth-order valence-corrected chi connectivity index (χ4v) is 3.16. The highest BCUT2D eigenvalue weighted by molar-refractivity contribution is 8.14. The SMILES string of the molecule is Cc1csc(C(C)NC2=NC(C)CS2)n1. The molecule has 1 N–H and O–H groups in total. The molecule has 5 heteroatoms. The number of amidine groups is 1. The molecule has 15 heavy (non-hydrogen) atoms. The molecule has 1 aliphatic heterocycles. The third-order valence-electron chi connectivity index (χ3n) is 2.15. The van der Waals surface area contributed by atoms with E-state index in [0.717, 1.165) is 21.6 Å². The van der Waals surface area contributed by atoms with Crippen molar-refractivity contribution in [3.8, 4) is 0 Å². The van der Waals surface area contributed by atoms with Gasteiger partial charge in [-0.15, -0.1) is 11.3 Å². The van der Waals surface area contributed by atoms with Crippen molar-refractivity contribution in [3.63, 3.8) is 0 Å². The van der Waals surface area contributed by atoms with Gasteiger partial charge in [0.25, 0.3) is 0 Å². The van der Waals surface area contributed by atoms with Gasteiger partial charge in [0, 0.05) is 16.8 Å². The molecule has 0 radical (unpaired) electrons. The highest BCUT2D eigenvalue weighted by atomic mass is 32.2. The summed E-state index contributed by atoms with van der Waals surface area (Å²) >= 11 is 3.50. The van der Waals surface area contributed by atoms with Crippen molar-refractivity contribution in [2.24, 2.45) is 4.99 Å². The van der Waals surface area contributed by atoms with Crippen LogP contribution < -0.4 is 5.32 Å². The lowest BCUT2D eigenvalue weighted by molar-refractivity contribution is 0.710. The van der Waals surface area contributed by atoms with Crippen LogP contribution in [0.5, 0.6) is 0 Å². The average Bonchev–Trinajstić information content (AvgIpc) is 2.75. The Morgan fingerprint density at radius 3 is 2.93 bits per heavy atom.